The lowest BCUT2D eigenvalue weighted by Crippen LogP contribution is -2.16. The van der Waals surface area contributed by atoms with E-state index in [1.165, 1.54) is 18.5 Å². The summed E-state index contributed by atoms with van der Waals surface area (Å²) in [4.78, 5) is 28.7. The maximum atomic E-state index is 12.4. The number of nitrogens with zero attached hydrogens (tertiary/aromatic N) is 1. The number of carbonyl (C=O) groups is 2. The number of nitrogens with one attached hydrogen (secondary N) is 2. The van der Waals surface area contributed by atoms with Crippen LogP contribution in [0.15, 0.2) is 67.0 Å². The van der Waals surface area contributed by atoms with Crippen LogP contribution in [0.1, 0.15) is 20.7 Å². The Morgan fingerprint density at radius 1 is 0.731 bits per heavy atom. The zero-order chi connectivity index (χ0) is 18.5. The predicted molar refractivity (Wildman–Crippen MR) is 103 cm³/mol. The molecule has 0 saturated heterocycles. The third kappa shape index (κ3) is 4.59. The molecule has 0 fully saturated rings. The van der Waals surface area contributed by atoms with E-state index >= 15 is 0 Å². The molecule has 0 bridgehead atoms. The molecule has 7 heteroatoms. The SMILES string of the molecule is O=C(Nc1cccc(Cl)c1)c1cncc(C(=O)Nc2cccc(Cl)c2)c1. The lowest BCUT2D eigenvalue weighted by molar-refractivity contribution is 0.102. The van der Waals surface area contributed by atoms with Crippen LogP contribution >= 0.6 is 23.2 Å². The van der Waals surface area contributed by atoms with E-state index in [-0.39, 0.29) is 11.1 Å². The van der Waals surface area contributed by atoms with Crippen molar-refractivity contribution in [2.45, 2.75) is 0 Å². The largest absolute Gasteiger partial charge is 0.322 e. The van der Waals surface area contributed by atoms with Gasteiger partial charge in [-0.05, 0) is 42.5 Å². The minimum absolute atomic E-state index is 0.253. The Balaban J connectivity index is 1.75. The van der Waals surface area contributed by atoms with E-state index in [0.29, 0.717) is 21.4 Å². The first kappa shape index (κ1) is 17.9. The van der Waals surface area contributed by atoms with Crippen molar-refractivity contribution >= 4 is 46.4 Å². The molecule has 1 heterocycles. The number of hydrogen-bond donors (Lipinski definition) is 2. The number of amides is 2. The average Bonchev–Trinajstić information content (AvgIpc) is 2.62. The molecule has 0 radical (unpaired) electrons. The third-order valence-electron chi connectivity index (χ3n) is 3.43. The van der Waals surface area contributed by atoms with E-state index in [2.05, 4.69) is 15.6 Å². The van der Waals surface area contributed by atoms with Crippen molar-refractivity contribution < 1.29 is 9.59 Å². The van der Waals surface area contributed by atoms with Gasteiger partial charge in [0.05, 0.1) is 11.1 Å². The van der Waals surface area contributed by atoms with Crippen LogP contribution in [0.2, 0.25) is 10.0 Å². The monoisotopic (exact) mass is 385 g/mol. The van der Waals surface area contributed by atoms with Gasteiger partial charge in [0, 0.05) is 33.8 Å². The summed E-state index contributed by atoms with van der Waals surface area (Å²) >= 11 is 11.8. The number of halogens is 2. The van der Waals surface area contributed by atoms with Crippen molar-refractivity contribution in [1.82, 2.24) is 4.98 Å². The molecule has 0 spiro atoms. The Labute approximate surface area is 160 Å². The molecule has 2 aromatic carbocycles. The molecule has 0 aliphatic heterocycles. The Bertz CT molecular complexity index is 902. The van der Waals surface area contributed by atoms with Crippen LogP contribution < -0.4 is 10.6 Å². The lowest BCUT2D eigenvalue weighted by Gasteiger charge is -2.08. The molecule has 130 valence electrons. The summed E-state index contributed by atoms with van der Waals surface area (Å²) in [5.41, 5.74) is 1.61. The Hall–Kier alpha value is -2.89. The van der Waals surface area contributed by atoms with Crippen molar-refractivity contribution in [1.29, 1.82) is 0 Å². The number of hydrogen-bond acceptors (Lipinski definition) is 3. The summed E-state index contributed by atoms with van der Waals surface area (Å²) in [6, 6.07) is 15.0. The molecule has 0 aliphatic carbocycles. The number of carbonyl (C=O) groups excluding carboxylic acids is 2. The van der Waals surface area contributed by atoms with E-state index in [1.807, 2.05) is 0 Å². The highest BCUT2D eigenvalue weighted by Gasteiger charge is 2.12. The van der Waals surface area contributed by atoms with Gasteiger partial charge in [0.25, 0.3) is 11.8 Å². The lowest BCUT2D eigenvalue weighted by atomic mass is 10.1. The van der Waals surface area contributed by atoms with E-state index in [9.17, 15) is 9.59 Å². The van der Waals surface area contributed by atoms with Crippen LogP contribution in [0.3, 0.4) is 0 Å². The van der Waals surface area contributed by atoms with Crippen LogP contribution in [0, 0.1) is 0 Å². The molecular weight excluding hydrogens is 373 g/mol. The van der Waals surface area contributed by atoms with Gasteiger partial charge in [0.2, 0.25) is 0 Å². The van der Waals surface area contributed by atoms with Gasteiger partial charge in [-0.3, -0.25) is 14.6 Å². The highest BCUT2D eigenvalue weighted by molar-refractivity contribution is 6.31. The first-order valence-corrected chi connectivity index (χ1v) is 8.36. The number of benzene rings is 2. The van der Waals surface area contributed by atoms with Crippen molar-refractivity contribution in [2.75, 3.05) is 10.6 Å². The molecule has 2 N–H and O–H groups in total. The first-order valence-electron chi connectivity index (χ1n) is 7.60. The smallest absolute Gasteiger partial charge is 0.257 e. The highest BCUT2D eigenvalue weighted by atomic mass is 35.5. The standard InChI is InChI=1S/C19H13Cl2N3O2/c20-14-3-1-5-16(8-14)23-18(25)12-7-13(11-22-10-12)19(26)24-17-6-2-4-15(21)9-17/h1-11H,(H,23,25)(H,24,26). The normalized spacial score (nSPS) is 10.2. The maximum Gasteiger partial charge on any atom is 0.257 e. The highest BCUT2D eigenvalue weighted by Crippen LogP contribution is 2.17. The van der Waals surface area contributed by atoms with Crippen LogP contribution in [0.25, 0.3) is 0 Å². The minimum atomic E-state index is -0.392. The second-order valence-electron chi connectivity index (χ2n) is 5.39. The molecule has 2 amide bonds. The van der Waals surface area contributed by atoms with Gasteiger partial charge in [-0.1, -0.05) is 35.3 Å². The number of anilines is 2. The van der Waals surface area contributed by atoms with Crippen molar-refractivity contribution in [3.63, 3.8) is 0 Å². The molecule has 1 aromatic heterocycles. The van der Waals surface area contributed by atoms with Crippen LogP contribution in [0.4, 0.5) is 11.4 Å². The van der Waals surface area contributed by atoms with Gasteiger partial charge in [-0.2, -0.15) is 0 Å². The zero-order valence-corrected chi connectivity index (χ0v) is 14.9. The number of aromatic nitrogens is 1. The molecule has 0 saturated carbocycles. The van der Waals surface area contributed by atoms with Gasteiger partial charge < -0.3 is 10.6 Å². The van der Waals surface area contributed by atoms with Crippen molar-refractivity contribution in [2.24, 2.45) is 0 Å². The molecular formula is C19H13Cl2N3O2. The van der Waals surface area contributed by atoms with Gasteiger partial charge in [-0.25, -0.2) is 0 Å². The topological polar surface area (TPSA) is 71.1 Å². The quantitative estimate of drug-likeness (QED) is 0.671. The predicted octanol–water partition coefficient (Wildman–Crippen LogP) is 4.89. The van der Waals surface area contributed by atoms with Gasteiger partial charge in [0.15, 0.2) is 0 Å². The fourth-order valence-electron chi connectivity index (χ4n) is 2.23. The number of rotatable bonds is 4. The third-order valence-corrected chi connectivity index (χ3v) is 3.90. The van der Waals surface area contributed by atoms with Crippen LogP contribution in [-0.2, 0) is 0 Å². The molecule has 3 aromatic rings. The molecule has 0 unspecified atom stereocenters. The summed E-state index contributed by atoms with van der Waals surface area (Å²) in [7, 11) is 0. The van der Waals surface area contributed by atoms with Gasteiger partial charge >= 0.3 is 0 Å². The summed E-state index contributed by atoms with van der Waals surface area (Å²) < 4.78 is 0. The zero-order valence-electron chi connectivity index (χ0n) is 13.4. The van der Waals surface area contributed by atoms with Crippen molar-refractivity contribution in [3.05, 3.63) is 88.2 Å². The molecule has 26 heavy (non-hydrogen) atoms. The Morgan fingerprint density at radius 3 is 1.62 bits per heavy atom. The average molecular weight is 386 g/mol. The fourth-order valence-corrected chi connectivity index (χ4v) is 2.61. The molecule has 3 rings (SSSR count). The van der Waals surface area contributed by atoms with E-state index in [0.717, 1.165) is 0 Å². The molecule has 0 aliphatic rings. The van der Waals surface area contributed by atoms with Gasteiger partial charge in [0.1, 0.15) is 0 Å². The fraction of sp³-hybridized carbons (Fsp3) is 0. The Morgan fingerprint density at radius 2 is 1.19 bits per heavy atom. The second kappa shape index (κ2) is 7.99. The first-order chi connectivity index (χ1) is 12.5. The minimum Gasteiger partial charge on any atom is -0.322 e. The van der Waals surface area contributed by atoms with Crippen LogP contribution in [0.5, 0.6) is 0 Å². The summed E-state index contributed by atoms with van der Waals surface area (Å²) in [5, 5.41) is 6.44. The van der Waals surface area contributed by atoms with E-state index < -0.39 is 11.8 Å². The van der Waals surface area contributed by atoms with Gasteiger partial charge in [-0.15, -0.1) is 0 Å². The summed E-state index contributed by atoms with van der Waals surface area (Å²) in [5.74, 6) is -0.783. The summed E-state index contributed by atoms with van der Waals surface area (Å²) in [6.45, 7) is 0. The van der Waals surface area contributed by atoms with Crippen LogP contribution in [-0.4, -0.2) is 16.8 Å². The molecule has 0 atom stereocenters. The second-order valence-corrected chi connectivity index (χ2v) is 6.26. The van der Waals surface area contributed by atoms with Crippen molar-refractivity contribution in [3.8, 4) is 0 Å². The maximum absolute atomic E-state index is 12.4. The van der Waals surface area contributed by atoms with E-state index in [4.69, 9.17) is 23.2 Å². The number of pyridine rings is 1. The summed E-state index contributed by atoms with van der Waals surface area (Å²) in [6.07, 6.45) is 2.77. The molecule has 5 nitrogen and oxygen atoms in total. The van der Waals surface area contributed by atoms with E-state index in [1.54, 1.807) is 48.5 Å². The Kier molecular flexibility index (Phi) is 5.51.